The molecule has 5 heteroatoms. The van der Waals surface area contributed by atoms with Gasteiger partial charge in [-0.2, -0.15) is 0 Å². The van der Waals surface area contributed by atoms with Crippen LogP contribution in [-0.2, 0) is 0 Å². The number of fused-ring (bicyclic) bond motifs is 2. The van der Waals surface area contributed by atoms with Crippen molar-refractivity contribution < 1.29 is 0 Å². The SMILES string of the molecule is CC.CC.CC.CC.Cc1nccc(-c2ccc3ccccc3c2)n1.Clc1nccc(-c2ccc3ccccc3c2)n1. The Kier molecular flexibility index (Phi) is 17.7. The van der Waals surface area contributed by atoms with Gasteiger partial charge in [-0.05, 0) is 64.3 Å². The van der Waals surface area contributed by atoms with Crippen LogP contribution in [0.2, 0.25) is 5.28 Å². The van der Waals surface area contributed by atoms with Gasteiger partial charge >= 0.3 is 0 Å². The topological polar surface area (TPSA) is 51.6 Å². The van der Waals surface area contributed by atoms with Crippen molar-refractivity contribution in [3.8, 4) is 22.5 Å². The van der Waals surface area contributed by atoms with Crippen molar-refractivity contribution >= 4 is 33.1 Å². The fourth-order valence-corrected chi connectivity index (χ4v) is 3.96. The number of hydrogen-bond acceptors (Lipinski definition) is 4. The van der Waals surface area contributed by atoms with Crippen molar-refractivity contribution in [3.63, 3.8) is 0 Å². The molecule has 0 saturated heterocycles. The number of nitrogens with zero attached hydrogens (tertiary/aromatic N) is 4. The van der Waals surface area contributed by atoms with Gasteiger partial charge in [0.25, 0.3) is 0 Å². The van der Waals surface area contributed by atoms with E-state index >= 15 is 0 Å². The molecule has 0 radical (unpaired) electrons. The average molecular weight is 581 g/mol. The highest BCUT2D eigenvalue weighted by molar-refractivity contribution is 6.28. The summed E-state index contributed by atoms with van der Waals surface area (Å²) in [5.41, 5.74) is 4.00. The summed E-state index contributed by atoms with van der Waals surface area (Å²) in [6.07, 6.45) is 3.46. The molecule has 2 aromatic heterocycles. The molecule has 4 nitrogen and oxygen atoms in total. The van der Waals surface area contributed by atoms with E-state index in [0.29, 0.717) is 0 Å². The Bertz CT molecular complexity index is 1480. The van der Waals surface area contributed by atoms with Crippen molar-refractivity contribution in [2.45, 2.75) is 62.3 Å². The summed E-state index contributed by atoms with van der Waals surface area (Å²) in [5.74, 6) is 0.802. The highest BCUT2D eigenvalue weighted by Gasteiger charge is 2.02. The lowest BCUT2D eigenvalue weighted by Crippen LogP contribution is -1.89. The van der Waals surface area contributed by atoms with Crippen LogP contribution < -0.4 is 0 Å². The highest BCUT2D eigenvalue weighted by Crippen LogP contribution is 2.24. The normalized spacial score (nSPS) is 9.19. The first-order valence-electron chi connectivity index (χ1n) is 14.9. The molecule has 0 saturated carbocycles. The second kappa shape index (κ2) is 20.7. The molecule has 0 fully saturated rings. The van der Waals surface area contributed by atoms with E-state index in [1.807, 2.05) is 92.6 Å². The van der Waals surface area contributed by atoms with E-state index < -0.39 is 0 Å². The Labute approximate surface area is 257 Å². The third kappa shape index (κ3) is 10.7. The molecule has 0 aliphatic heterocycles. The zero-order valence-electron chi connectivity index (χ0n) is 26.6. The first-order chi connectivity index (χ1) is 20.7. The van der Waals surface area contributed by atoms with Gasteiger partial charge in [-0.1, -0.05) is 128 Å². The van der Waals surface area contributed by atoms with Crippen molar-refractivity contribution in [3.05, 3.63) is 121 Å². The zero-order chi connectivity index (χ0) is 31.3. The molecule has 0 atom stereocenters. The molecule has 2 heterocycles. The number of rotatable bonds is 2. The predicted octanol–water partition coefficient (Wildman–Crippen LogP) is 11.7. The molecule has 0 bridgehead atoms. The van der Waals surface area contributed by atoms with Gasteiger partial charge in [0.2, 0.25) is 5.28 Å². The molecule has 0 spiro atoms. The fourth-order valence-electron chi connectivity index (χ4n) is 3.81. The smallest absolute Gasteiger partial charge is 0.222 e. The highest BCUT2D eigenvalue weighted by atomic mass is 35.5. The molecule has 0 amide bonds. The first kappa shape index (κ1) is 35.9. The number of aryl methyl sites for hydroxylation is 1. The van der Waals surface area contributed by atoms with Gasteiger partial charge in [-0.3, -0.25) is 0 Å². The van der Waals surface area contributed by atoms with Crippen LogP contribution in [-0.4, -0.2) is 19.9 Å². The Morgan fingerprint density at radius 3 is 1.29 bits per heavy atom. The van der Waals surface area contributed by atoms with Gasteiger partial charge in [0.1, 0.15) is 5.82 Å². The van der Waals surface area contributed by atoms with E-state index in [4.69, 9.17) is 11.6 Å². The third-order valence-corrected chi connectivity index (χ3v) is 5.67. The quantitative estimate of drug-likeness (QED) is 0.191. The molecule has 4 aromatic carbocycles. The van der Waals surface area contributed by atoms with Crippen LogP contribution in [0.1, 0.15) is 61.2 Å². The van der Waals surface area contributed by atoms with Crippen LogP contribution in [0.25, 0.3) is 44.1 Å². The molecule has 0 aliphatic carbocycles. The zero-order valence-corrected chi connectivity index (χ0v) is 27.3. The van der Waals surface area contributed by atoms with Crippen molar-refractivity contribution in [1.29, 1.82) is 0 Å². The Balaban J connectivity index is 0.000000340. The molecular weight excluding hydrogens is 536 g/mol. The summed E-state index contributed by atoms with van der Waals surface area (Å²) in [6.45, 7) is 17.9. The summed E-state index contributed by atoms with van der Waals surface area (Å²) in [4.78, 5) is 16.6. The monoisotopic (exact) mass is 580 g/mol. The second-order valence-electron chi connectivity index (χ2n) is 7.82. The number of aromatic nitrogens is 4. The van der Waals surface area contributed by atoms with Gasteiger partial charge in [-0.25, -0.2) is 19.9 Å². The second-order valence-corrected chi connectivity index (χ2v) is 8.16. The standard InChI is InChI=1S/C15H12N2.C14H9ClN2.4C2H6/c1-11-16-9-8-15(17-11)14-7-6-12-4-2-3-5-13(12)10-14;15-14-16-8-7-13(17-14)12-6-5-10-3-1-2-4-11(10)9-12;4*1-2/h2-10H,1H3;1-9H;4*1-2H3. The van der Waals surface area contributed by atoms with Gasteiger partial charge < -0.3 is 0 Å². The Morgan fingerprint density at radius 2 is 0.857 bits per heavy atom. The largest absolute Gasteiger partial charge is 0.242 e. The summed E-state index contributed by atoms with van der Waals surface area (Å²) in [5, 5.41) is 5.18. The maximum Gasteiger partial charge on any atom is 0.222 e. The minimum Gasteiger partial charge on any atom is -0.242 e. The summed E-state index contributed by atoms with van der Waals surface area (Å²) >= 11 is 5.79. The van der Waals surface area contributed by atoms with Gasteiger partial charge in [0.15, 0.2) is 0 Å². The fraction of sp³-hybridized carbons (Fsp3) is 0.243. The van der Waals surface area contributed by atoms with Crippen LogP contribution in [0.15, 0.2) is 109 Å². The van der Waals surface area contributed by atoms with E-state index in [0.717, 1.165) is 28.3 Å². The van der Waals surface area contributed by atoms with Crippen molar-refractivity contribution in [2.24, 2.45) is 0 Å². The van der Waals surface area contributed by atoms with Crippen LogP contribution in [0.5, 0.6) is 0 Å². The van der Waals surface area contributed by atoms with Crippen LogP contribution >= 0.6 is 11.6 Å². The minimum atomic E-state index is 0.274. The molecule has 42 heavy (non-hydrogen) atoms. The average Bonchev–Trinajstić information content (AvgIpc) is 3.08. The van der Waals surface area contributed by atoms with E-state index in [9.17, 15) is 0 Å². The lowest BCUT2D eigenvalue weighted by Gasteiger charge is -2.03. The Morgan fingerprint density at radius 1 is 0.452 bits per heavy atom. The minimum absolute atomic E-state index is 0.274. The van der Waals surface area contributed by atoms with E-state index in [1.54, 1.807) is 12.4 Å². The molecule has 6 rings (SSSR count). The summed E-state index contributed by atoms with van der Waals surface area (Å²) in [7, 11) is 0. The molecular formula is C37H45ClN4. The van der Waals surface area contributed by atoms with Crippen LogP contribution in [0.3, 0.4) is 0 Å². The van der Waals surface area contributed by atoms with Gasteiger partial charge in [-0.15, -0.1) is 0 Å². The molecule has 0 N–H and O–H groups in total. The maximum atomic E-state index is 5.79. The molecule has 220 valence electrons. The third-order valence-electron chi connectivity index (χ3n) is 5.49. The van der Waals surface area contributed by atoms with E-state index in [2.05, 4.69) is 86.7 Å². The van der Waals surface area contributed by atoms with Gasteiger partial charge in [0, 0.05) is 23.5 Å². The maximum absolute atomic E-state index is 5.79. The molecule has 6 aromatic rings. The summed E-state index contributed by atoms with van der Waals surface area (Å²) < 4.78 is 0. The molecule has 0 unspecified atom stereocenters. The number of benzene rings is 4. The number of halogens is 1. The Hall–Kier alpha value is -4.15. The van der Waals surface area contributed by atoms with Crippen LogP contribution in [0, 0.1) is 6.92 Å². The summed E-state index contributed by atoms with van der Waals surface area (Å²) in [6, 6.07) is 33.0. The lowest BCUT2D eigenvalue weighted by molar-refractivity contribution is 1.06. The lowest BCUT2D eigenvalue weighted by atomic mass is 10.1. The van der Waals surface area contributed by atoms with Gasteiger partial charge in [0.05, 0.1) is 11.4 Å². The van der Waals surface area contributed by atoms with Crippen molar-refractivity contribution in [2.75, 3.05) is 0 Å². The van der Waals surface area contributed by atoms with Crippen molar-refractivity contribution in [1.82, 2.24) is 19.9 Å². The predicted molar refractivity (Wildman–Crippen MR) is 185 cm³/mol. The number of hydrogen-bond donors (Lipinski definition) is 0. The van der Waals surface area contributed by atoms with E-state index in [1.165, 1.54) is 21.5 Å². The van der Waals surface area contributed by atoms with E-state index in [-0.39, 0.29) is 5.28 Å². The molecule has 0 aliphatic rings. The van der Waals surface area contributed by atoms with Crippen LogP contribution in [0.4, 0.5) is 0 Å². The first-order valence-corrected chi connectivity index (χ1v) is 15.3.